The van der Waals surface area contributed by atoms with Gasteiger partial charge in [-0.3, -0.25) is 0 Å². The van der Waals surface area contributed by atoms with Crippen molar-refractivity contribution >= 4 is 88.5 Å². The highest BCUT2D eigenvalue weighted by molar-refractivity contribution is 7.26. The molecule has 0 fully saturated rings. The molecule has 14 rings (SSSR count). The molecule has 2 aliphatic carbocycles. The Morgan fingerprint density at radius 3 is 1.80 bits per heavy atom. The van der Waals surface area contributed by atoms with Crippen molar-refractivity contribution in [2.75, 3.05) is 9.71 Å². The van der Waals surface area contributed by atoms with E-state index in [1.165, 1.54) is 143 Å². The van der Waals surface area contributed by atoms with Crippen LogP contribution in [0.5, 0.6) is 0 Å². The van der Waals surface area contributed by atoms with Crippen molar-refractivity contribution in [3.8, 4) is 22.3 Å². The molecule has 0 radical (unpaired) electrons. The van der Waals surface area contributed by atoms with E-state index in [1.54, 1.807) is 0 Å². The molecule has 2 nitrogen and oxygen atoms in total. The number of rotatable bonds is 3. The van der Waals surface area contributed by atoms with Crippen molar-refractivity contribution in [3.63, 3.8) is 0 Å². The molecule has 0 bridgehead atoms. The Balaban J connectivity index is 1.20. The van der Waals surface area contributed by atoms with Gasteiger partial charge in [-0.25, -0.2) is 0 Å². The predicted octanol–water partition coefficient (Wildman–Crippen LogP) is 18.5. The topological polar surface area (TPSA) is 6.48 Å². The Hall–Kier alpha value is -6.88. The van der Waals surface area contributed by atoms with Gasteiger partial charge in [0.15, 0.2) is 0 Å². The average Bonchev–Trinajstić information content (AvgIpc) is 3.79. The third-order valence-electron chi connectivity index (χ3n) is 18.8. The summed E-state index contributed by atoms with van der Waals surface area (Å²) in [7, 11) is 0. The number of nitrogens with zero attached hydrogens (tertiary/aromatic N) is 2. The minimum atomic E-state index is -0.256. The summed E-state index contributed by atoms with van der Waals surface area (Å²) in [5.74, 6) is 0. The van der Waals surface area contributed by atoms with Crippen LogP contribution >= 0.6 is 11.3 Å². The highest BCUT2D eigenvalue weighted by atomic mass is 32.1. The van der Waals surface area contributed by atoms with Gasteiger partial charge in [-0.05, 0) is 156 Å². The number of benzene rings is 9. The largest absolute Gasteiger partial charge is 0.376 e. The molecule has 4 heteroatoms. The number of thiophene rings is 1. The fourth-order valence-electron chi connectivity index (χ4n) is 14.5. The first-order valence-electron chi connectivity index (χ1n) is 27.5. The molecule has 370 valence electrons. The lowest BCUT2D eigenvalue weighted by Crippen LogP contribution is -2.62. The molecule has 1 aromatic heterocycles. The van der Waals surface area contributed by atoms with E-state index in [4.69, 9.17) is 0 Å². The molecule has 0 atom stereocenters. The molecule has 0 N–H and O–H groups in total. The van der Waals surface area contributed by atoms with Crippen LogP contribution in [-0.4, -0.2) is 6.85 Å². The summed E-state index contributed by atoms with van der Waals surface area (Å²) in [4.78, 5) is 5.58. The lowest BCUT2D eigenvalue weighted by molar-refractivity contribution is 0.332. The van der Waals surface area contributed by atoms with Crippen LogP contribution in [0, 0.1) is 6.92 Å². The fourth-order valence-corrected chi connectivity index (χ4v) is 15.6. The van der Waals surface area contributed by atoms with E-state index in [1.807, 2.05) is 11.3 Å². The van der Waals surface area contributed by atoms with Gasteiger partial charge in [-0.15, -0.1) is 11.3 Å². The minimum absolute atomic E-state index is 0.0205. The van der Waals surface area contributed by atoms with Gasteiger partial charge in [0.1, 0.15) is 0 Å². The Bertz CT molecular complexity index is 4090. The van der Waals surface area contributed by atoms with Gasteiger partial charge in [0.25, 0.3) is 0 Å². The van der Waals surface area contributed by atoms with Gasteiger partial charge in [0, 0.05) is 70.3 Å². The first-order chi connectivity index (χ1) is 35.8. The van der Waals surface area contributed by atoms with Gasteiger partial charge in [0.05, 0.1) is 5.69 Å². The summed E-state index contributed by atoms with van der Waals surface area (Å²) in [6.45, 7) is 29.0. The van der Waals surface area contributed by atoms with Crippen LogP contribution in [-0.2, 0) is 27.1 Å². The third-order valence-corrected chi connectivity index (χ3v) is 19.9. The molecule has 0 saturated heterocycles. The SMILES string of the molecule is Cc1cc2c(cc1N1c3cc4c(cc3B3c5c(cc6ccccc6c51)-c1c(ccc5sc6ccccc6c15)N3c1ccc(C(C)(C)C)cc1-c1ccccc1)C(C)(C)c1ccccc1C4(C)C)C(C)(C)CCC2(C)C. The molecular formula is C71H67BN2S. The summed E-state index contributed by atoms with van der Waals surface area (Å²) in [5, 5.41) is 5.21. The van der Waals surface area contributed by atoms with Gasteiger partial charge >= 0.3 is 6.85 Å². The lowest BCUT2D eigenvalue weighted by atomic mass is 9.42. The molecule has 4 aliphatic rings. The molecule has 9 aromatic carbocycles. The van der Waals surface area contributed by atoms with Crippen LogP contribution in [0.4, 0.5) is 28.4 Å². The molecule has 0 amide bonds. The number of aryl methyl sites for hydroxylation is 1. The minimum Gasteiger partial charge on any atom is -0.376 e. The van der Waals surface area contributed by atoms with Crippen molar-refractivity contribution in [1.82, 2.24) is 0 Å². The summed E-state index contributed by atoms with van der Waals surface area (Å²) >= 11 is 1.92. The molecule has 0 unspecified atom stereocenters. The van der Waals surface area contributed by atoms with Crippen molar-refractivity contribution in [2.45, 2.75) is 123 Å². The maximum absolute atomic E-state index is 2.80. The van der Waals surface area contributed by atoms with E-state index in [0.717, 1.165) is 6.42 Å². The van der Waals surface area contributed by atoms with Crippen LogP contribution in [0.3, 0.4) is 0 Å². The van der Waals surface area contributed by atoms with E-state index in [-0.39, 0.29) is 33.9 Å². The van der Waals surface area contributed by atoms with Crippen LogP contribution in [0.1, 0.15) is 134 Å². The highest BCUT2D eigenvalue weighted by Crippen LogP contribution is 2.58. The van der Waals surface area contributed by atoms with Crippen molar-refractivity contribution in [2.24, 2.45) is 0 Å². The van der Waals surface area contributed by atoms with E-state index in [9.17, 15) is 0 Å². The number of hydrogen-bond donors (Lipinski definition) is 0. The highest BCUT2D eigenvalue weighted by Gasteiger charge is 2.51. The van der Waals surface area contributed by atoms with Gasteiger partial charge < -0.3 is 9.71 Å². The van der Waals surface area contributed by atoms with E-state index >= 15 is 0 Å². The standard InChI is InChI=1S/C71H67BN2S/c1-42-36-52-53(69(7,8)35-34-68(52,5)6)40-59(42)73-60-41-55-54(70(9,10)50-27-19-20-28-51(50)71(55,11)12)39-56(60)72-65-49(37-44-24-16-17-25-46(44)66(65)73)63-58(32-33-62-64(63)47-26-18-21-29-61(47)75-62)74(72)57-31-30-45(67(2,3)4)38-48(57)43-22-14-13-15-23-43/h13-33,36-41H,34-35H2,1-12H3. The zero-order chi connectivity index (χ0) is 51.9. The molecule has 10 aromatic rings. The molecule has 3 heterocycles. The predicted molar refractivity (Wildman–Crippen MR) is 325 cm³/mol. The molecule has 0 spiro atoms. The Kier molecular flexibility index (Phi) is 9.71. The van der Waals surface area contributed by atoms with Crippen molar-refractivity contribution in [3.05, 3.63) is 208 Å². The number of hydrogen-bond acceptors (Lipinski definition) is 3. The zero-order valence-corrected chi connectivity index (χ0v) is 46.7. The van der Waals surface area contributed by atoms with E-state index in [0.29, 0.717) is 0 Å². The summed E-state index contributed by atoms with van der Waals surface area (Å²) in [5.41, 5.74) is 25.0. The second-order valence-electron chi connectivity index (χ2n) is 26.0. The van der Waals surface area contributed by atoms with Crippen molar-refractivity contribution < 1.29 is 0 Å². The first kappa shape index (κ1) is 46.6. The first-order valence-corrected chi connectivity index (χ1v) is 28.3. The Labute approximate surface area is 449 Å². The third kappa shape index (κ3) is 6.51. The quantitative estimate of drug-likeness (QED) is 0.163. The molecular weight excluding hydrogens is 924 g/mol. The second kappa shape index (κ2) is 15.6. The van der Waals surface area contributed by atoms with E-state index in [2.05, 4.69) is 257 Å². The number of fused-ring (bicyclic) bond motifs is 13. The summed E-state index contributed by atoms with van der Waals surface area (Å²) in [6, 6.07) is 64.4. The monoisotopic (exact) mass is 991 g/mol. The summed E-state index contributed by atoms with van der Waals surface area (Å²) < 4.78 is 2.64. The Morgan fingerprint density at radius 1 is 0.493 bits per heavy atom. The summed E-state index contributed by atoms with van der Waals surface area (Å²) in [6.07, 6.45) is 2.33. The maximum atomic E-state index is 2.80. The van der Waals surface area contributed by atoms with Crippen molar-refractivity contribution in [1.29, 1.82) is 0 Å². The second-order valence-corrected chi connectivity index (χ2v) is 27.1. The van der Waals surface area contributed by atoms with Gasteiger partial charge in [0.2, 0.25) is 0 Å². The molecule has 75 heavy (non-hydrogen) atoms. The Morgan fingerprint density at radius 2 is 1.09 bits per heavy atom. The van der Waals surface area contributed by atoms with Crippen LogP contribution < -0.4 is 20.6 Å². The maximum Gasteiger partial charge on any atom is 0.333 e. The van der Waals surface area contributed by atoms with Crippen LogP contribution in [0.25, 0.3) is 53.2 Å². The van der Waals surface area contributed by atoms with E-state index < -0.39 is 0 Å². The lowest BCUT2D eigenvalue weighted by Gasteiger charge is -2.50. The van der Waals surface area contributed by atoms with Crippen LogP contribution in [0.2, 0.25) is 0 Å². The van der Waals surface area contributed by atoms with Gasteiger partial charge in [-0.2, -0.15) is 0 Å². The average molecular weight is 991 g/mol. The normalized spacial score (nSPS) is 17.3. The number of anilines is 5. The smallest absolute Gasteiger partial charge is 0.333 e. The van der Waals surface area contributed by atoms with Gasteiger partial charge in [-0.1, -0.05) is 191 Å². The molecule has 0 saturated carbocycles. The fraction of sp³-hybridized carbons (Fsp3) is 0.268. The molecule has 2 aliphatic heterocycles. The zero-order valence-electron chi connectivity index (χ0n) is 45.9. The van der Waals surface area contributed by atoms with Crippen LogP contribution in [0.15, 0.2) is 164 Å².